The fourth-order valence-electron chi connectivity index (χ4n) is 2.22. The maximum Gasteiger partial charge on any atom is 0.240 e. The van der Waals surface area contributed by atoms with Crippen LogP contribution in [-0.2, 0) is 4.79 Å². The second-order valence-electron chi connectivity index (χ2n) is 5.11. The van der Waals surface area contributed by atoms with E-state index in [1.54, 1.807) is 0 Å². The number of nitrogens with zero attached hydrogens (tertiary/aromatic N) is 1. The first kappa shape index (κ1) is 14.0. The second kappa shape index (κ2) is 6.61. The first-order valence-electron chi connectivity index (χ1n) is 6.45. The van der Waals surface area contributed by atoms with E-state index in [9.17, 15) is 10.1 Å². The number of aliphatic hydroxyl groups excluding tert-OH is 1. The fourth-order valence-corrected chi connectivity index (χ4v) is 2.22. The molecule has 2 N–H and O–H groups in total. The van der Waals surface area contributed by atoms with Gasteiger partial charge in [-0.2, -0.15) is 5.26 Å². The van der Waals surface area contributed by atoms with Gasteiger partial charge in [0.05, 0.1) is 6.07 Å². The van der Waals surface area contributed by atoms with Crippen LogP contribution >= 0.6 is 0 Å². The minimum Gasteiger partial charge on any atom is -0.396 e. The summed E-state index contributed by atoms with van der Waals surface area (Å²) >= 11 is 0. The summed E-state index contributed by atoms with van der Waals surface area (Å²) in [5.41, 5.74) is -0.828. The molecular weight excluding hydrogens is 216 g/mol. The van der Waals surface area contributed by atoms with Crippen LogP contribution in [0.2, 0.25) is 0 Å². The largest absolute Gasteiger partial charge is 0.396 e. The average Bonchev–Trinajstić information content (AvgIpc) is 2.61. The Bertz CT molecular complexity index is 288. The van der Waals surface area contributed by atoms with Crippen LogP contribution in [0, 0.1) is 22.7 Å². The molecule has 96 valence electrons. The van der Waals surface area contributed by atoms with E-state index in [2.05, 4.69) is 11.4 Å². The fraction of sp³-hybridized carbons (Fsp3) is 0.846. The van der Waals surface area contributed by atoms with Crippen LogP contribution in [-0.4, -0.2) is 24.2 Å². The van der Waals surface area contributed by atoms with Crippen molar-refractivity contribution >= 4 is 5.91 Å². The average molecular weight is 238 g/mol. The van der Waals surface area contributed by atoms with Crippen molar-refractivity contribution in [2.45, 2.75) is 45.4 Å². The molecule has 1 unspecified atom stereocenters. The highest BCUT2D eigenvalue weighted by atomic mass is 16.3. The van der Waals surface area contributed by atoms with Gasteiger partial charge in [-0.15, -0.1) is 0 Å². The number of hydrogen-bond acceptors (Lipinski definition) is 3. The van der Waals surface area contributed by atoms with Crippen LogP contribution < -0.4 is 5.32 Å². The molecule has 4 nitrogen and oxygen atoms in total. The molecule has 1 rings (SSSR count). The summed E-state index contributed by atoms with van der Waals surface area (Å²) in [7, 11) is 0. The second-order valence-corrected chi connectivity index (χ2v) is 5.11. The molecule has 0 spiro atoms. The van der Waals surface area contributed by atoms with Gasteiger partial charge in [-0.25, -0.2) is 0 Å². The number of nitriles is 1. The summed E-state index contributed by atoms with van der Waals surface area (Å²) in [4.78, 5) is 12.1. The monoisotopic (exact) mass is 238 g/mol. The lowest BCUT2D eigenvalue weighted by atomic mass is 9.81. The Kier molecular flexibility index (Phi) is 5.43. The molecule has 0 aromatic carbocycles. The van der Waals surface area contributed by atoms with Gasteiger partial charge >= 0.3 is 0 Å². The Morgan fingerprint density at radius 3 is 2.47 bits per heavy atom. The van der Waals surface area contributed by atoms with Crippen molar-refractivity contribution in [3.05, 3.63) is 0 Å². The zero-order chi connectivity index (χ0) is 12.7. The predicted octanol–water partition coefficient (Wildman–Crippen LogP) is 1.60. The van der Waals surface area contributed by atoms with Gasteiger partial charge in [0.2, 0.25) is 5.91 Å². The van der Waals surface area contributed by atoms with Gasteiger partial charge in [0.1, 0.15) is 5.41 Å². The molecule has 0 heterocycles. The predicted molar refractivity (Wildman–Crippen MR) is 65.0 cm³/mol. The zero-order valence-corrected chi connectivity index (χ0v) is 10.5. The number of amides is 1. The quantitative estimate of drug-likeness (QED) is 0.730. The number of carbonyl (C=O) groups excluding carboxylic acids is 1. The summed E-state index contributed by atoms with van der Waals surface area (Å²) in [5.74, 6) is -0.109. The van der Waals surface area contributed by atoms with Crippen molar-refractivity contribution in [2.75, 3.05) is 13.2 Å². The Morgan fingerprint density at radius 2 is 2.00 bits per heavy atom. The van der Waals surface area contributed by atoms with E-state index in [1.165, 1.54) is 0 Å². The highest BCUT2D eigenvalue weighted by molar-refractivity contribution is 5.85. The van der Waals surface area contributed by atoms with E-state index in [0.29, 0.717) is 19.4 Å². The molecule has 1 aliphatic carbocycles. The SMILES string of the molecule is CC(CO)CNC(=O)C1(C#N)CCCCCC1. The van der Waals surface area contributed by atoms with E-state index in [0.717, 1.165) is 25.7 Å². The molecule has 1 fully saturated rings. The normalized spacial score (nSPS) is 21.0. The molecule has 1 amide bonds. The third-order valence-corrected chi connectivity index (χ3v) is 3.53. The minimum atomic E-state index is -0.828. The van der Waals surface area contributed by atoms with Crippen LogP contribution in [0.5, 0.6) is 0 Å². The molecule has 0 aromatic heterocycles. The van der Waals surface area contributed by atoms with Crippen LogP contribution in [0.25, 0.3) is 0 Å². The topological polar surface area (TPSA) is 73.1 Å². The molecule has 0 saturated heterocycles. The molecule has 1 aliphatic rings. The van der Waals surface area contributed by atoms with Crippen molar-refractivity contribution < 1.29 is 9.90 Å². The first-order chi connectivity index (χ1) is 8.14. The van der Waals surface area contributed by atoms with Gasteiger partial charge in [-0.05, 0) is 18.8 Å². The number of carbonyl (C=O) groups is 1. The number of nitrogens with one attached hydrogen (secondary N) is 1. The van der Waals surface area contributed by atoms with Crippen molar-refractivity contribution in [3.63, 3.8) is 0 Å². The van der Waals surface area contributed by atoms with Gasteiger partial charge < -0.3 is 10.4 Å². The molecule has 1 atom stereocenters. The molecule has 0 aliphatic heterocycles. The third-order valence-electron chi connectivity index (χ3n) is 3.53. The lowest BCUT2D eigenvalue weighted by Crippen LogP contribution is -2.42. The van der Waals surface area contributed by atoms with E-state index >= 15 is 0 Å². The molecule has 0 radical (unpaired) electrons. The van der Waals surface area contributed by atoms with Gasteiger partial charge in [-0.3, -0.25) is 4.79 Å². The van der Waals surface area contributed by atoms with Crippen molar-refractivity contribution in [1.82, 2.24) is 5.32 Å². The minimum absolute atomic E-state index is 0.0421. The van der Waals surface area contributed by atoms with Crippen LogP contribution in [0.4, 0.5) is 0 Å². The lowest BCUT2D eigenvalue weighted by Gasteiger charge is -2.24. The van der Waals surface area contributed by atoms with Gasteiger partial charge in [-0.1, -0.05) is 32.6 Å². The maximum atomic E-state index is 12.1. The van der Waals surface area contributed by atoms with Crippen molar-refractivity contribution in [2.24, 2.45) is 11.3 Å². The molecule has 0 aromatic rings. The van der Waals surface area contributed by atoms with E-state index < -0.39 is 5.41 Å². The first-order valence-corrected chi connectivity index (χ1v) is 6.45. The van der Waals surface area contributed by atoms with Crippen LogP contribution in [0.15, 0.2) is 0 Å². The Balaban J connectivity index is 2.59. The number of rotatable bonds is 4. The van der Waals surface area contributed by atoms with Gasteiger partial charge in [0, 0.05) is 13.2 Å². The highest BCUT2D eigenvalue weighted by Crippen LogP contribution is 2.34. The third kappa shape index (κ3) is 3.71. The van der Waals surface area contributed by atoms with Crippen molar-refractivity contribution in [1.29, 1.82) is 5.26 Å². The Hall–Kier alpha value is -1.08. The summed E-state index contributed by atoms with van der Waals surface area (Å²) in [6, 6.07) is 2.22. The summed E-state index contributed by atoms with van der Waals surface area (Å²) in [6.45, 7) is 2.37. The van der Waals surface area contributed by atoms with Gasteiger partial charge in [0.25, 0.3) is 0 Å². The highest BCUT2D eigenvalue weighted by Gasteiger charge is 2.38. The smallest absolute Gasteiger partial charge is 0.240 e. The van der Waals surface area contributed by atoms with Crippen molar-refractivity contribution in [3.8, 4) is 6.07 Å². The Labute approximate surface area is 103 Å². The van der Waals surface area contributed by atoms with E-state index in [4.69, 9.17) is 5.11 Å². The molecule has 4 heteroatoms. The van der Waals surface area contributed by atoms with Crippen LogP contribution in [0.3, 0.4) is 0 Å². The van der Waals surface area contributed by atoms with E-state index in [-0.39, 0.29) is 18.4 Å². The summed E-state index contributed by atoms with van der Waals surface area (Å²) < 4.78 is 0. The zero-order valence-electron chi connectivity index (χ0n) is 10.5. The summed E-state index contributed by atoms with van der Waals surface area (Å²) in [6.07, 6.45) is 5.48. The maximum absolute atomic E-state index is 12.1. The number of hydrogen-bond donors (Lipinski definition) is 2. The summed E-state index contributed by atoms with van der Waals surface area (Å²) in [5, 5.41) is 21.0. The number of aliphatic hydroxyl groups is 1. The Morgan fingerprint density at radius 1 is 1.41 bits per heavy atom. The molecule has 1 saturated carbocycles. The molecule has 0 bridgehead atoms. The molecule has 17 heavy (non-hydrogen) atoms. The standard InChI is InChI=1S/C13H22N2O2/c1-11(9-16)8-15-12(17)13(10-14)6-4-2-3-5-7-13/h11,16H,2-9H2,1H3,(H,15,17). The lowest BCUT2D eigenvalue weighted by molar-refractivity contribution is -0.129. The molecular formula is C13H22N2O2. The van der Waals surface area contributed by atoms with Gasteiger partial charge in [0.15, 0.2) is 0 Å². The van der Waals surface area contributed by atoms with E-state index in [1.807, 2.05) is 6.92 Å². The van der Waals surface area contributed by atoms with Crippen LogP contribution in [0.1, 0.15) is 45.4 Å².